The van der Waals surface area contributed by atoms with Crippen LogP contribution in [0.2, 0.25) is 0 Å². The summed E-state index contributed by atoms with van der Waals surface area (Å²) in [5, 5.41) is 4.29. The predicted octanol–water partition coefficient (Wildman–Crippen LogP) is 2.37. The second-order valence-electron chi connectivity index (χ2n) is 4.09. The molecule has 17 heavy (non-hydrogen) atoms. The van der Waals surface area contributed by atoms with Crippen molar-refractivity contribution in [2.75, 3.05) is 23.8 Å². The third-order valence-corrected chi connectivity index (χ3v) is 5.63. The van der Waals surface area contributed by atoms with Crippen LogP contribution in [-0.4, -0.2) is 39.0 Å². The molecule has 1 saturated heterocycles. The van der Waals surface area contributed by atoms with Gasteiger partial charge in [-0.3, -0.25) is 0 Å². The van der Waals surface area contributed by atoms with Crippen molar-refractivity contribution in [1.82, 2.24) is 15.3 Å². The fraction of sp³-hybridized carbons (Fsp3) is 0.667. The Morgan fingerprint density at radius 1 is 1.41 bits per heavy atom. The lowest BCUT2D eigenvalue weighted by molar-refractivity contribution is 0.527. The Morgan fingerprint density at radius 3 is 2.88 bits per heavy atom. The third kappa shape index (κ3) is 3.86. The number of thioether (sulfide) groups is 2. The summed E-state index contributed by atoms with van der Waals surface area (Å²) in [6.45, 7) is 3.26. The molecule has 2 unspecified atom stereocenters. The number of hydrogen-bond acceptors (Lipinski definition) is 5. The molecule has 5 heteroatoms. The minimum absolute atomic E-state index is 0.397. The molecule has 2 atom stereocenters. The van der Waals surface area contributed by atoms with Crippen LogP contribution in [0.25, 0.3) is 0 Å². The highest BCUT2D eigenvalue weighted by Gasteiger charge is 2.25. The van der Waals surface area contributed by atoms with E-state index in [0.29, 0.717) is 11.3 Å². The monoisotopic (exact) mass is 269 g/mol. The van der Waals surface area contributed by atoms with E-state index in [0.717, 1.165) is 13.0 Å². The molecule has 1 aliphatic rings. The molecular weight excluding hydrogens is 250 g/mol. The highest BCUT2D eigenvalue weighted by Crippen LogP contribution is 2.33. The van der Waals surface area contributed by atoms with Gasteiger partial charge in [0.1, 0.15) is 6.33 Å². The van der Waals surface area contributed by atoms with Crippen LogP contribution < -0.4 is 5.32 Å². The molecule has 1 aromatic heterocycles. The first kappa shape index (κ1) is 13.2. The van der Waals surface area contributed by atoms with Crippen LogP contribution in [0.1, 0.15) is 24.9 Å². The molecule has 0 spiro atoms. The van der Waals surface area contributed by atoms with Crippen LogP contribution in [0, 0.1) is 0 Å². The molecule has 0 bridgehead atoms. The quantitative estimate of drug-likeness (QED) is 0.888. The lowest BCUT2D eigenvalue weighted by Crippen LogP contribution is -2.34. The first-order valence-electron chi connectivity index (χ1n) is 6.09. The Bertz CT molecular complexity index is 315. The van der Waals surface area contributed by atoms with Crippen LogP contribution in [0.15, 0.2) is 18.7 Å². The molecule has 3 nitrogen and oxygen atoms in total. The van der Waals surface area contributed by atoms with Gasteiger partial charge < -0.3 is 5.32 Å². The van der Waals surface area contributed by atoms with Gasteiger partial charge in [-0.1, -0.05) is 6.92 Å². The summed E-state index contributed by atoms with van der Waals surface area (Å²) < 4.78 is 0. The Balaban J connectivity index is 2.06. The van der Waals surface area contributed by atoms with Gasteiger partial charge in [-0.2, -0.15) is 23.5 Å². The van der Waals surface area contributed by atoms with E-state index in [2.05, 4.69) is 45.7 Å². The van der Waals surface area contributed by atoms with E-state index >= 15 is 0 Å². The molecule has 94 valence electrons. The number of nitrogens with one attached hydrogen (secondary N) is 1. The van der Waals surface area contributed by atoms with Crippen LogP contribution in [0.5, 0.6) is 0 Å². The van der Waals surface area contributed by atoms with Gasteiger partial charge in [0.25, 0.3) is 0 Å². The summed E-state index contributed by atoms with van der Waals surface area (Å²) in [5.74, 6) is 3.77. The topological polar surface area (TPSA) is 37.8 Å². The van der Waals surface area contributed by atoms with Crippen molar-refractivity contribution < 1.29 is 0 Å². The maximum absolute atomic E-state index is 4.14. The number of nitrogens with zero attached hydrogens (tertiary/aromatic N) is 2. The van der Waals surface area contributed by atoms with Crippen molar-refractivity contribution >= 4 is 23.5 Å². The minimum Gasteiger partial charge on any atom is -0.309 e. The van der Waals surface area contributed by atoms with E-state index in [1.807, 2.05) is 12.4 Å². The van der Waals surface area contributed by atoms with Crippen LogP contribution in [0.4, 0.5) is 0 Å². The fourth-order valence-corrected chi connectivity index (χ4v) is 4.80. The Morgan fingerprint density at radius 2 is 2.24 bits per heavy atom. The number of aromatic nitrogens is 2. The average Bonchev–Trinajstić information content (AvgIpc) is 2.42. The van der Waals surface area contributed by atoms with Gasteiger partial charge in [0.15, 0.2) is 0 Å². The van der Waals surface area contributed by atoms with E-state index < -0.39 is 0 Å². The molecule has 0 radical (unpaired) electrons. The molecule has 0 aliphatic carbocycles. The summed E-state index contributed by atoms with van der Waals surface area (Å²) in [4.78, 5) is 8.28. The standard InChI is InChI=1S/C12H19N3S2/c1-2-3-15-12(10-6-13-9-14-7-10)11-8-16-4-5-17-11/h6-7,9,11-12,15H,2-5,8H2,1H3. The van der Waals surface area contributed by atoms with Crippen molar-refractivity contribution in [3.05, 3.63) is 24.3 Å². The van der Waals surface area contributed by atoms with Crippen LogP contribution in [0.3, 0.4) is 0 Å². The highest BCUT2D eigenvalue weighted by atomic mass is 32.2. The second-order valence-corrected chi connectivity index (χ2v) is 6.58. The zero-order valence-corrected chi connectivity index (χ0v) is 11.8. The minimum atomic E-state index is 0.397. The molecule has 0 amide bonds. The van der Waals surface area contributed by atoms with Crippen molar-refractivity contribution in [3.63, 3.8) is 0 Å². The van der Waals surface area contributed by atoms with Crippen molar-refractivity contribution in [3.8, 4) is 0 Å². The van der Waals surface area contributed by atoms with E-state index in [1.165, 1.54) is 22.8 Å². The van der Waals surface area contributed by atoms with Gasteiger partial charge in [0.2, 0.25) is 0 Å². The van der Waals surface area contributed by atoms with Crippen LogP contribution in [-0.2, 0) is 0 Å². The molecule has 1 aliphatic heterocycles. The fourth-order valence-electron chi connectivity index (χ4n) is 1.93. The van der Waals surface area contributed by atoms with Gasteiger partial charge in [0.05, 0.1) is 0 Å². The normalized spacial score (nSPS) is 22.3. The zero-order chi connectivity index (χ0) is 11.9. The number of rotatable bonds is 5. The molecule has 2 rings (SSSR count). The van der Waals surface area contributed by atoms with Gasteiger partial charge in [-0.25, -0.2) is 9.97 Å². The SMILES string of the molecule is CCCNC(c1cncnc1)C1CSCCS1. The first-order valence-corrected chi connectivity index (χ1v) is 8.29. The number of hydrogen-bond donors (Lipinski definition) is 1. The Labute approximate surface area is 112 Å². The molecule has 1 N–H and O–H groups in total. The van der Waals surface area contributed by atoms with Crippen LogP contribution >= 0.6 is 23.5 Å². The predicted molar refractivity (Wildman–Crippen MR) is 76.6 cm³/mol. The van der Waals surface area contributed by atoms with E-state index in [1.54, 1.807) is 6.33 Å². The maximum atomic E-state index is 4.14. The first-order chi connectivity index (χ1) is 8.42. The van der Waals surface area contributed by atoms with E-state index in [9.17, 15) is 0 Å². The molecule has 0 saturated carbocycles. The summed E-state index contributed by atoms with van der Waals surface area (Å²) in [7, 11) is 0. The molecule has 1 fully saturated rings. The van der Waals surface area contributed by atoms with Gasteiger partial charge in [-0.05, 0) is 13.0 Å². The summed E-state index contributed by atoms with van der Waals surface area (Å²) >= 11 is 4.14. The Kier molecular flexibility index (Phi) is 5.61. The molecule has 1 aromatic rings. The van der Waals surface area contributed by atoms with Gasteiger partial charge in [0, 0.05) is 46.5 Å². The molecule has 0 aromatic carbocycles. The van der Waals surface area contributed by atoms with E-state index in [-0.39, 0.29) is 0 Å². The van der Waals surface area contributed by atoms with Gasteiger partial charge >= 0.3 is 0 Å². The van der Waals surface area contributed by atoms with E-state index in [4.69, 9.17) is 0 Å². The van der Waals surface area contributed by atoms with Crippen molar-refractivity contribution in [2.24, 2.45) is 0 Å². The van der Waals surface area contributed by atoms with Crippen molar-refractivity contribution in [1.29, 1.82) is 0 Å². The summed E-state index contributed by atoms with van der Waals surface area (Å²) in [6.07, 6.45) is 6.65. The van der Waals surface area contributed by atoms with Crippen molar-refractivity contribution in [2.45, 2.75) is 24.6 Å². The second kappa shape index (κ2) is 7.24. The summed E-state index contributed by atoms with van der Waals surface area (Å²) in [5.41, 5.74) is 1.22. The maximum Gasteiger partial charge on any atom is 0.115 e. The third-order valence-electron chi connectivity index (χ3n) is 2.77. The van der Waals surface area contributed by atoms with Gasteiger partial charge in [-0.15, -0.1) is 0 Å². The largest absolute Gasteiger partial charge is 0.309 e. The smallest absolute Gasteiger partial charge is 0.115 e. The average molecular weight is 269 g/mol. The lowest BCUT2D eigenvalue weighted by Gasteiger charge is -2.30. The highest BCUT2D eigenvalue weighted by molar-refractivity contribution is 8.06. The summed E-state index contributed by atoms with van der Waals surface area (Å²) in [6, 6.07) is 0.397. The molecular formula is C12H19N3S2. The Hall–Kier alpha value is -0.260. The lowest BCUT2D eigenvalue weighted by atomic mass is 10.1. The molecule has 2 heterocycles. The zero-order valence-electron chi connectivity index (χ0n) is 10.1.